The molecule has 1 amide bonds. The van der Waals surface area contributed by atoms with Gasteiger partial charge in [0.1, 0.15) is 11.8 Å². The summed E-state index contributed by atoms with van der Waals surface area (Å²) in [5.74, 6) is -1.53. The molecule has 0 saturated carbocycles. The van der Waals surface area contributed by atoms with Crippen LogP contribution in [0, 0.1) is 5.92 Å². The average Bonchev–Trinajstić information content (AvgIpc) is 2.51. The highest BCUT2D eigenvalue weighted by Gasteiger charge is 2.32. The molecule has 8 heteroatoms. The maximum atomic E-state index is 12.3. The monoisotopic (exact) mass is 375 g/mol. The third kappa shape index (κ3) is 5.26. The van der Waals surface area contributed by atoms with E-state index in [0.717, 1.165) is 6.42 Å². The van der Waals surface area contributed by atoms with E-state index >= 15 is 0 Å². The average molecular weight is 376 g/mol. The zero-order valence-corrected chi connectivity index (χ0v) is 14.6. The lowest BCUT2D eigenvalue weighted by molar-refractivity contribution is -0.146. The first kappa shape index (κ1) is 18.8. The van der Waals surface area contributed by atoms with Crippen LogP contribution in [0.3, 0.4) is 0 Å². The summed E-state index contributed by atoms with van der Waals surface area (Å²) in [5.41, 5.74) is 0. The smallest absolute Gasteiger partial charge is 0.326 e. The van der Waals surface area contributed by atoms with Gasteiger partial charge in [0, 0.05) is 22.6 Å². The van der Waals surface area contributed by atoms with Gasteiger partial charge < -0.3 is 19.9 Å². The molecule has 0 aliphatic carbocycles. The van der Waals surface area contributed by atoms with Gasteiger partial charge in [0.2, 0.25) is 0 Å². The second-order valence-corrected chi connectivity index (χ2v) is 6.54. The summed E-state index contributed by atoms with van der Waals surface area (Å²) in [5, 5.41) is 12.7. The lowest BCUT2D eigenvalue weighted by atomic mass is 9.93. The van der Waals surface area contributed by atoms with E-state index < -0.39 is 24.0 Å². The molecule has 1 fully saturated rings. The van der Waals surface area contributed by atoms with Crippen LogP contribution in [0.25, 0.3) is 0 Å². The number of rotatable bonds is 6. The van der Waals surface area contributed by atoms with Gasteiger partial charge in [0.05, 0.1) is 6.61 Å². The van der Waals surface area contributed by atoms with Gasteiger partial charge in [-0.1, -0.05) is 23.2 Å². The Balaban J connectivity index is 1.99. The van der Waals surface area contributed by atoms with Gasteiger partial charge in [-0.3, -0.25) is 4.79 Å². The maximum Gasteiger partial charge on any atom is 0.326 e. The maximum absolute atomic E-state index is 12.3. The Morgan fingerprint density at radius 2 is 2.00 bits per heavy atom. The normalized spacial score (nSPS) is 20.0. The number of benzene rings is 1. The van der Waals surface area contributed by atoms with E-state index in [1.807, 2.05) is 0 Å². The van der Waals surface area contributed by atoms with Gasteiger partial charge in [0.25, 0.3) is 5.91 Å². The Morgan fingerprint density at radius 3 is 2.54 bits per heavy atom. The first-order valence-electron chi connectivity index (χ1n) is 7.60. The Bertz CT molecular complexity index is 584. The molecule has 2 rings (SSSR count). The summed E-state index contributed by atoms with van der Waals surface area (Å²) in [7, 11) is 0. The third-order valence-corrected chi connectivity index (χ3v) is 4.19. The van der Waals surface area contributed by atoms with Gasteiger partial charge in [-0.05, 0) is 38.0 Å². The highest BCUT2D eigenvalue weighted by atomic mass is 35.5. The number of carboxylic acids is 1. The molecule has 1 saturated heterocycles. The standard InChI is InChI=1S/C16H19Cl2NO5/c1-9(24-13-6-11(17)5-12(18)7-13)15(20)19-14(16(21)22)10-3-2-4-23-8-10/h5-7,9-10,14H,2-4,8H2,1H3,(H,19,20)(H,21,22). The van der Waals surface area contributed by atoms with E-state index in [9.17, 15) is 14.7 Å². The summed E-state index contributed by atoms with van der Waals surface area (Å²) in [6, 6.07) is 3.60. The number of carbonyl (C=O) groups excluding carboxylic acids is 1. The largest absolute Gasteiger partial charge is 0.481 e. The van der Waals surface area contributed by atoms with E-state index in [1.54, 1.807) is 6.07 Å². The number of carboxylic acid groups (broad SMARTS) is 1. The fraction of sp³-hybridized carbons (Fsp3) is 0.500. The fourth-order valence-electron chi connectivity index (χ4n) is 2.53. The van der Waals surface area contributed by atoms with Crippen LogP contribution < -0.4 is 10.1 Å². The molecule has 0 aromatic heterocycles. The summed E-state index contributed by atoms with van der Waals surface area (Å²) >= 11 is 11.8. The molecule has 3 atom stereocenters. The summed E-state index contributed by atoms with van der Waals surface area (Å²) in [6.07, 6.45) is 0.569. The predicted octanol–water partition coefficient (Wildman–Crippen LogP) is 2.76. The topological polar surface area (TPSA) is 84.9 Å². The van der Waals surface area contributed by atoms with Crippen molar-refractivity contribution in [2.75, 3.05) is 13.2 Å². The first-order chi connectivity index (χ1) is 11.4. The van der Waals surface area contributed by atoms with Crippen LogP contribution in [-0.4, -0.2) is 42.3 Å². The molecule has 1 aromatic rings. The quantitative estimate of drug-likeness (QED) is 0.798. The zero-order chi connectivity index (χ0) is 17.7. The van der Waals surface area contributed by atoms with Gasteiger partial charge >= 0.3 is 5.97 Å². The van der Waals surface area contributed by atoms with Gasteiger partial charge in [-0.15, -0.1) is 0 Å². The minimum atomic E-state index is -1.09. The van der Waals surface area contributed by atoms with Crippen LogP contribution in [0.15, 0.2) is 18.2 Å². The lowest BCUT2D eigenvalue weighted by Crippen LogP contribution is -2.51. The lowest BCUT2D eigenvalue weighted by Gasteiger charge is -2.28. The number of carbonyl (C=O) groups is 2. The molecule has 0 radical (unpaired) electrons. The van der Waals surface area contributed by atoms with Crippen molar-refractivity contribution < 1.29 is 24.2 Å². The minimum absolute atomic E-state index is 0.256. The second kappa shape index (κ2) is 8.55. The van der Waals surface area contributed by atoms with Crippen molar-refractivity contribution in [1.82, 2.24) is 5.32 Å². The molecule has 24 heavy (non-hydrogen) atoms. The fourth-order valence-corrected chi connectivity index (χ4v) is 3.04. The molecule has 0 bridgehead atoms. The Labute approximate surface area is 150 Å². The Kier molecular flexibility index (Phi) is 6.71. The Morgan fingerprint density at radius 1 is 1.33 bits per heavy atom. The van der Waals surface area contributed by atoms with Crippen molar-refractivity contribution in [3.8, 4) is 5.75 Å². The van der Waals surface area contributed by atoms with Gasteiger partial charge in [-0.2, -0.15) is 0 Å². The molecular formula is C16H19Cl2NO5. The summed E-state index contributed by atoms with van der Waals surface area (Å²) < 4.78 is 10.8. The van der Waals surface area contributed by atoms with Crippen LogP contribution in [0.1, 0.15) is 19.8 Å². The van der Waals surface area contributed by atoms with Crippen molar-refractivity contribution in [2.45, 2.75) is 31.9 Å². The number of nitrogens with one attached hydrogen (secondary N) is 1. The molecule has 3 unspecified atom stereocenters. The van der Waals surface area contributed by atoms with Gasteiger partial charge in [0.15, 0.2) is 6.10 Å². The van der Waals surface area contributed by atoms with Crippen molar-refractivity contribution in [3.05, 3.63) is 28.2 Å². The molecule has 1 aromatic carbocycles. The van der Waals surface area contributed by atoms with Gasteiger partial charge in [-0.25, -0.2) is 4.79 Å². The van der Waals surface area contributed by atoms with E-state index in [0.29, 0.717) is 35.4 Å². The summed E-state index contributed by atoms with van der Waals surface area (Å²) in [6.45, 7) is 2.46. The molecule has 1 aliphatic rings. The van der Waals surface area contributed by atoms with Crippen LogP contribution in [0.2, 0.25) is 10.0 Å². The van der Waals surface area contributed by atoms with E-state index in [1.165, 1.54) is 19.1 Å². The zero-order valence-electron chi connectivity index (χ0n) is 13.1. The van der Waals surface area contributed by atoms with Crippen molar-refractivity contribution in [3.63, 3.8) is 0 Å². The number of halogens is 2. The summed E-state index contributed by atoms with van der Waals surface area (Å²) in [4.78, 5) is 23.7. The number of ether oxygens (including phenoxy) is 2. The van der Waals surface area contributed by atoms with Crippen molar-refractivity contribution >= 4 is 35.1 Å². The highest BCUT2D eigenvalue weighted by molar-refractivity contribution is 6.34. The van der Waals surface area contributed by atoms with Crippen LogP contribution in [0.4, 0.5) is 0 Å². The van der Waals surface area contributed by atoms with E-state index in [-0.39, 0.29) is 5.92 Å². The first-order valence-corrected chi connectivity index (χ1v) is 8.36. The predicted molar refractivity (Wildman–Crippen MR) is 89.7 cm³/mol. The number of aliphatic carboxylic acids is 1. The second-order valence-electron chi connectivity index (χ2n) is 5.67. The molecule has 1 heterocycles. The number of hydrogen-bond donors (Lipinski definition) is 2. The molecule has 1 aliphatic heterocycles. The SMILES string of the molecule is CC(Oc1cc(Cl)cc(Cl)c1)C(=O)NC(C(=O)O)C1CCCOC1. The minimum Gasteiger partial charge on any atom is -0.481 e. The molecular weight excluding hydrogens is 357 g/mol. The van der Waals surface area contributed by atoms with E-state index in [4.69, 9.17) is 32.7 Å². The number of amides is 1. The van der Waals surface area contributed by atoms with Crippen LogP contribution >= 0.6 is 23.2 Å². The molecule has 132 valence electrons. The molecule has 2 N–H and O–H groups in total. The van der Waals surface area contributed by atoms with E-state index in [2.05, 4.69) is 5.32 Å². The van der Waals surface area contributed by atoms with Crippen molar-refractivity contribution in [1.29, 1.82) is 0 Å². The third-order valence-electron chi connectivity index (χ3n) is 3.75. The Hall–Kier alpha value is -1.50. The molecule has 0 spiro atoms. The molecule has 6 nitrogen and oxygen atoms in total. The van der Waals surface area contributed by atoms with Crippen LogP contribution in [-0.2, 0) is 14.3 Å². The highest BCUT2D eigenvalue weighted by Crippen LogP contribution is 2.25. The number of hydrogen-bond acceptors (Lipinski definition) is 4. The van der Waals surface area contributed by atoms with Crippen LogP contribution in [0.5, 0.6) is 5.75 Å². The van der Waals surface area contributed by atoms with Crippen molar-refractivity contribution in [2.24, 2.45) is 5.92 Å².